The lowest BCUT2D eigenvalue weighted by atomic mass is 10.1. The first kappa shape index (κ1) is 97.9. The molecule has 0 spiro atoms. The topological polar surface area (TPSA) is 176 Å². The zero-order valence-electron chi connectivity index (χ0n) is 69.8. The van der Waals surface area contributed by atoms with E-state index in [4.69, 9.17) is 13.6 Å². The summed E-state index contributed by atoms with van der Waals surface area (Å²) in [6.07, 6.45) is 28.5. The Labute approximate surface area is 672 Å². The van der Waals surface area contributed by atoms with Gasteiger partial charge in [0, 0.05) is 71.4 Å². The van der Waals surface area contributed by atoms with Crippen molar-refractivity contribution in [3.05, 3.63) is 313 Å². The number of furan rings is 1. The van der Waals surface area contributed by atoms with Crippen LogP contribution in [0.15, 0.2) is 297 Å². The molecule has 0 radical (unpaired) electrons. The van der Waals surface area contributed by atoms with E-state index in [0.717, 1.165) is 76.2 Å². The summed E-state index contributed by atoms with van der Waals surface area (Å²) in [6.45, 7) is 41.5. The molecule has 14 nitrogen and oxygen atoms in total. The molecule has 9 aromatic heterocycles. The number of para-hydroxylation sites is 5. The summed E-state index contributed by atoms with van der Waals surface area (Å²) in [5, 5.41) is 13.3. The van der Waals surface area contributed by atoms with Crippen molar-refractivity contribution in [1.82, 2.24) is 39.9 Å². The zero-order valence-corrected chi connectivity index (χ0v) is 71.4. The number of oxazole rings is 1. The number of rotatable bonds is 0. The Balaban J connectivity index is 0.000000601. The standard InChI is InChI=1S/C9H7N.C9H8.C8H9N.C8H7N.C8H6S.C7H7NO.C7H5NO.C7H5NS.C6H5N3.C6H4N2O.10C2H6/c1-2-6-9-8(4-1)5-3-7-10-9;1-2-5-9-7-3-6-8(9)4-1;1-3-7-4-2-6-9-8(7)5-1;2*1-2-4-8-7(3-1)5-6-9-8;1-3-8-5-7-6(1)2-4-9-7;2*1-2-4-7-6(3-1)8-5-9-7;1-2-5-6(7-3-1)4-8-9-5;1-2-9-6-5(1)3-7-4-8-6;10*1-2/h1-7H;1-6H,7H2;2,4,6H,1,3,5H2;1-4,6H,5H2;1-6H;1,3,5H,2,4H2;2*1-5H;1-3H,4H2;1-4H;10*1-2H3. The minimum absolute atomic E-state index is 0.644. The Hall–Kier alpha value is -11.1. The molecular weight excluding hydrogens is 1410 g/mol. The fourth-order valence-electron chi connectivity index (χ4n) is 9.70. The third kappa shape index (κ3) is 36.3. The van der Waals surface area contributed by atoms with Crippen LogP contribution in [0.1, 0.15) is 184 Å². The summed E-state index contributed by atoms with van der Waals surface area (Å²) in [5.41, 5.74) is 17.7. The Bertz CT molecular complexity index is 4090. The van der Waals surface area contributed by atoms with Crippen molar-refractivity contribution in [2.75, 3.05) is 6.61 Å². The third-order valence-corrected chi connectivity index (χ3v) is 16.0. The van der Waals surface area contributed by atoms with Crippen LogP contribution in [0.5, 0.6) is 5.75 Å². The molecule has 15 aromatic rings. The SMILES string of the molecule is C1=Cc2ccccc2C1.C1=Nc2ccccc2C1.CC.CC.CC.CC.CC.CC.CC.CC.CC.CC.c1cc2c(cn1)OCC2.c1ccc2ncccc2c1.c1ccc2ocnc2c1.c1ccc2sccc2c1.c1ccc2scnc2c1.c1cnc2c(c1)CCC2.c1cnc2c(c1)N=NC2.c1ncc2ccoc2n1. The summed E-state index contributed by atoms with van der Waals surface area (Å²) < 4.78 is 17.8. The first-order valence-corrected chi connectivity index (χ1v) is 41.5. The Morgan fingerprint density at radius 3 is 1.67 bits per heavy atom. The molecule has 0 saturated carbocycles. The number of hydrogen-bond donors (Lipinski definition) is 0. The van der Waals surface area contributed by atoms with Crippen LogP contribution in [0.3, 0.4) is 0 Å². The van der Waals surface area contributed by atoms with Crippen molar-refractivity contribution in [3.63, 3.8) is 0 Å². The molecular formula is C95H123N11O3S2. The van der Waals surface area contributed by atoms with Crippen molar-refractivity contribution in [1.29, 1.82) is 0 Å². The molecule has 588 valence electrons. The predicted octanol–water partition coefficient (Wildman–Crippen LogP) is 29.2. The normalized spacial score (nSPS) is 10.6. The lowest BCUT2D eigenvalue weighted by Crippen LogP contribution is -1.85. The van der Waals surface area contributed by atoms with E-state index >= 15 is 0 Å². The van der Waals surface area contributed by atoms with Gasteiger partial charge in [0.2, 0.25) is 5.71 Å². The monoisotopic (exact) mass is 1530 g/mol. The minimum atomic E-state index is 0.644. The van der Waals surface area contributed by atoms with Gasteiger partial charge in [-0.1, -0.05) is 266 Å². The molecule has 12 heterocycles. The minimum Gasteiger partial charge on any atom is -0.491 e. The number of thiazole rings is 1. The summed E-state index contributed by atoms with van der Waals surface area (Å²) in [4.78, 5) is 36.4. The number of benzene rings is 6. The molecule has 16 heteroatoms. The number of allylic oxidation sites excluding steroid dienone is 1. The molecule has 3 aliphatic heterocycles. The number of aryl methyl sites for hydroxylation is 2. The van der Waals surface area contributed by atoms with Crippen molar-refractivity contribution >= 4 is 99.7 Å². The lowest BCUT2D eigenvalue weighted by molar-refractivity contribution is 0.355. The fourth-order valence-corrected chi connectivity index (χ4v) is 11.2. The number of thiophene rings is 1. The highest BCUT2D eigenvalue weighted by molar-refractivity contribution is 7.17. The number of azo groups is 1. The average Bonchev–Trinajstić information content (AvgIpc) is 1.87. The van der Waals surface area contributed by atoms with Gasteiger partial charge in [-0.15, -0.1) is 22.7 Å². The Morgan fingerprint density at radius 1 is 0.387 bits per heavy atom. The van der Waals surface area contributed by atoms with Gasteiger partial charge < -0.3 is 13.6 Å². The van der Waals surface area contributed by atoms with E-state index in [0.29, 0.717) is 12.3 Å². The van der Waals surface area contributed by atoms with E-state index in [1.54, 1.807) is 53.7 Å². The van der Waals surface area contributed by atoms with Crippen molar-refractivity contribution in [2.45, 2.75) is 184 Å². The van der Waals surface area contributed by atoms with Crippen LogP contribution in [-0.4, -0.2) is 52.7 Å². The first-order chi connectivity index (χ1) is 55.2. The molecule has 0 unspecified atom stereocenters. The lowest BCUT2D eigenvalue weighted by Gasteiger charge is -1.93. The average molecular weight is 1530 g/mol. The van der Waals surface area contributed by atoms with Gasteiger partial charge in [0.25, 0.3) is 0 Å². The van der Waals surface area contributed by atoms with Gasteiger partial charge in [-0.3, -0.25) is 24.9 Å². The molecule has 0 amide bonds. The fraction of sp³-hybridized carbons (Fsp3) is 0.295. The first-order valence-electron chi connectivity index (χ1n) is 39.7. The Morgan fingerprint density at radius 2 is 0.991 bits per heavy atom. The number of aromatic nitrogens is 8. The van der Waals surface area contributed by atoms with Crippen LogP contribution in [0.2, 0.25) is 0 Å². The van der Waals surface area contributed by atoms with E-state index in [2.05, 4.69) is 158 Å². The van der Waals surface area contributed by atoms with Crippen LogP contribution in [0, 0.1) is 0 Å². The maximum Gasteiger partial charge on any atom is 0.228 e. The quantitative estimate of drug-likeness (QED) is 0.141. The molecule has 0 N–H and O–H groups in total. The third-order valence-electron chi connectivity index (χ3n) is 14.3. The second-order valence-electron chi connectivity index (χ2n) is 20.4. The number of aliphatic imine (C=N–C) groups is 1. The van der Waals surface area contributed by atoms with E-state index in [-0.39, 0.29) is 0 Å². The summed E-state index contributed by atoms with van der Waals surface area (Å²) in [5.74, 6) is 0.956. The van der Waals surface area contributed by atoms with Gasteiger partial charge >= 0.3 is 0 Å². The van der Waals surface area contributed by atoms with Crippen LogP contribution in [0.4, 0.5) is 11.4 Å². The van der Waals surface area contributed by atoms with E-state index < -0.39 is 0 Å². The molecule has 20 rings (SSSR count). The molecule has 0 bridgehead atoms. The molecule has 0 atom stereocenters. The number of pyridine rings is 4. The van der Waals surface area contributed by atoms with Crippen LogP contribution < -0.4 is 4.74 Å². The van der Waals surface area contributed by atoms with Gasteiger partial charge in [0.05, 0.1) is 57.1 Å². The summed E-state index contributed by atoms with van der Waals surface area (Å²) >= 11 is 3.46. The molecule has 0 fully saturated rings. The molecule has 6 aromatic carbocycles. The maximum atomic E-state index is 5.24. The van der Waals surface area contributed by atoms with Crippen LogP contribution in [0.25, 0.3) is 59.5 Å². The summed E-state index contributed by atoms with van der Waals surface area (Å²) in [7, 11) is 0. The molecule has 2 aliphatic carbocycles. The van der Waals surface area contributed by atoms with Gasteiger partial charge in [-0.25, -0.2) is 19.9 Å². The largest absolute Gasteiger partial charge is 0.491 e. The second-order valence-corrected chi connectivity index (χ2v) is 22.2. The van der Waals surface area contributed by atoms with Crippen molar-refractivity contribution in [3.8, 4) is 5.75 Å². The van der Waals surface area contributed by atoms with E-state index in [1.807, 2.05) is 278 Å². The van der Waals surface area contributed by atoms with E-state index in [9.17, 15) is 0 Å². The smallest absolute Gasteiger partial charge is 0.228 e. The predicted molar refractivity (Wildman–Crippen MR) is 482 cm³/mol. The maximum absolute atomic E-state index is 5.24. The Kier molecular flexibility index (Phi) is 58.2. The van der Waals surface area contributed by atoms with Gasteiger partial charge in [-0.05, 0) is 144 Å². The number of nitrogens with zero attached hydrogens (tertiary/aromatic N) is 11. The van der Waals surface area contributed by atoms with Crippen LogP contribution in [-0.2, 0) is 38.6 Å². The van der Waals surface area contributed by atoms with Crippen LogP contribution >= 0.6 is 22.7 Å². The molecule has 5 aliphatic rings. The van der Waals surface area contributed by atoms with Gasteiger partial charge in [0.15, 0.2) is 12.0 Å². The number of ether oxygens (including phenoxy) is 1. The molecule has 0 saturated heterocycles. The highest BCUT2D eigenvalue weighted by Gasteiger charge is 2.11. The highest BCUT2D eigenvalue weighted by atomic mass is 32.1. The second kappa shape index (κ2) is 66.0. The molecule has 111 heavy (non-hydrogen) atoms. The highest BCUT2D eigenvalue weighted by Crippen LogP contribution is 2.26. The summed E-state index contributed by atoms with van der Waals surface area (Å²) in [6, 6.07) is 66.9. The zero-order chi connectivity index (χ0) is 81.8. The number of hydrogen-bond acceptors (Lipinski definition) is 16. The van der Waals surface area contributed by atoms with Crippen molar-refractivity contribution in [2.24, 2.45) is 15.2 Å². The van der Waals surface area contributed by atoms with E-state index in [1.165, 1.54) is 85.7 Å². The van der Waals surface area contributed by atoms with Gasteiger partial charge in [-0.2, -0.15) is 10.2 Å². The van der Waals surface area contributed by atoms with Gasteiger partial charge in [0.1, 0.15) is 29.8 Å². The number of fused-ring (bicyclic) bond motifs is 10. The van der Waals surface area contributed by atoms with Crippen molar-refractivity contribution < 1.29 is 13.6 Å².